The van der Waals surface area contributed by atoms with Gasteiger partial charge in [0.25, 0.3) is 0 Å². The molecule has 2 fully saturated rings. The Morgan fingerprint density at radius 2 is 2.20 bits per heavy atom. The van der Waals surface area contributed by atoms with Gasteiger partial charge in [0.2, 0.25) is 0 Å². The van der Waals surface area contributed by atoms with Gasteiger partial charge in [0, 0.05) is 12.1 Å². The van der Waals surface area contributed by atoms with Crippen molar-refractivity contribution in [2.24, 2.45) is 17.8 Å². The lowest BCUT2D eigenvalue weighted by molar-refractivity contribution is 0.193. The Balaban J connectivity index is 1.61. The molecular weight excluding hydrogens is 253 g/mol. The third-order valence-corrected chi connectivity index (χ3v) is 4.93. The lowest BCUT2D eigenvalue weighted by atomic mass is 9.89. The predicted molar refractivity (Wildman–Crippen MR) is 78.2 cm³/mol. The summed E-state index contributed by atoms with van der Waals surface area (Å²) in [5, 5.41) is 3.24. The monoisotopic (exact) mass is 277 g/mol. The van der Waals surface area contributed by atoms with Gasteiger partial charge in [-0.05, 0) is 61.8 Å². The highest BCUT2D eigenvalue weighted by atomic mass is 19.1. The third-order valence-electron chi connectivity index (χ3n) is 4.93. The molecule has 2 saturated carbocycles. The van der Waals surface area contributed by atoms with Crippen LogP contribution in [0.3, 0.4) is 0 Å². The van der Waals surface area contributed by atoms with Crippen molar-refractivity contribution in [3.05, 3.63) is 29.6 Å². The summed E-state index contributed by atoms with van der Waals surface area (Å²) < 4.78 is 19.4. The van der Waals surface area contributed by atoms with Crippen molar-refractivity contribution in [1.29, 1.82) is 0 Å². The number of halogens is 1. The molecule has 2 aliphatic rings. The van der Waals surface area contributed by atoms with Crippen LogP contribution >= 0.6 is 0 Å². The van der Waals surface area contributed by atoms with Gasteiger partial charge < -0.3 is 10.1 Å². The van der Waals surface area contributed by atoms with Crippen molar-refractivity contribution in [2.45, 2.75) is 39.2 Å². The largest absolute Gasteiger partial charge is 0.493 e. The highest BCUT2D eigenvalue weighted by molar-refractivity contribution is 5.34. The van der Waals surface area contributed by atoms with Crippen LogP contribution in [0.2, 0.25) is 0 Å². The fourth-order valence-electron chi connectivity index (χ4n) is 3.86. The van der Waals surface area contributed by atoms with E-state index in [1.54, 1.807) is 12.1 Å². The molecule has 2 aliphatic carbocycles. The summed E-state index contributed by atoms with van der Waals surface area (Å²) in [6.45, 7) is 4.39. The fourth-order valence-corrected chi connectivity index (χ4v) is 3.86. The average molecular weight is 277 g/mol. The Morgan fingerprint density at radius 3 is 2.90 bits per heavy atom. The molecule has 0 spiro atoms. The molecule has 0 aromatic heterocycles. The first-order chi connectivity index (χ1) is 9.76. The molecule has 0 heterocycles. The predicted octanol–water partition coefficient (Wildman–Crippen LogP) is 3.75. The Hall–Kier alpha value is -1.09. The van der Waals surface area contributed by atoms with Gasteiger partial charge in [0.05, 0.1) is 6.61 Å². The first-order valence-electron chi connectivity index (χ1n) is 7.88. The number of nitrogens with one attached hydrogen (secondary N) is 1. The van der Waals surface area contributed by atoms with E-state index in [-0.39, 0.29) is 5.82 Å². The molecule has 3 rings (SSSR count). The van der Waals surface area contributed by atoms with E-state index in [9.17, 15) is 4.39 Å². The van der Waals surface area contributed by atoms with Gasteiger partial charge in [-0.25, -0.2) is 4.39 Å². The quantitative estimate of drug-likeness (QED) is 0.855. The van der Waals surface area contributed by atoms with Crippen molar-refractivity contribution >= 4 is 0 Å². The second-order valence-electron chi connectivity index (χ2n) is 6.28. The number of fused-ring (bicyclic) bond motifs is 2. The number of benzene rings is 1. The summed E-state index contributed by atoms with van der Waals surface area (Å²) in [7, 11) is 0. The molecule has 3 heteroatoms. The maximum atomic E-state index is 13.4. The molecule has 1 aromatic rings. The molecule has 20 heavy (non-hydrogen) atoms. The minimum absolute atomic E-state index is 0.190. The zero-order chi connectivity index (χ0) is 13.9. The van der Waals surface area contributed by atoms with Gasteiger partial charge in [-0.2, -0.15) is 0 Å². The van der Waals surface area contributed by atoms with Crippen LogP contribution in [0.4, 0.5) is 4.39 Å². The van der Waals surface area contributed by atoms with Crippen LogP contribution in [-0.2, 0) is 6.54 Å². The summed E-state index contributed by atoms with van der Waals surface area (Å²) >= 11 is 0. The van der Waals surface area contributed by atoms with Crippen molar-refractivity contribution < 1.29 is 9.13 Å². The smallest absolute Gasteiger partial charge is 0.123 e. The molecule has 0 radical (unpaired) electrons. The van der Waals surface area contributed by atoms with E-state index in [1.165, 1.54) is 31.7 Å². The minimum Gasteiger partial charge on any atom is -0.493 e. The lowest BCUT2D eigenvalue weighted by Crippen LogP contribution is -2.19. The van der Waals surface area contributed by atoms with E-state index in [0.29, 0.717) is 12.5 Å². The zero-order valence-corrected chi connectivity index (χ0v) is 12.2. The van der Waals surface area contributed by atoms with E-state index < -0.39 is 0 Å². The van der Waals surface area contributed by atoms with Gasteiger partial charge in [-0.15, -0.1) is 0 Å². The molecule has 110 valence electrons. The number of ether oxygens (including phenoxy) is 1. The molecule has 1 aromatic carbocycles. The normalized spacial score (nSPS) is 28.0. The van der Waals surface area contributed by atoms with Crippen LogP contribution in [0.25, 0.3) is 0 Å². The molecular formula is C17H24FNO. The highest BCUT2D eigenvalue weighted by Gasteiger charge is 2.39. The Morgan fingerprint density at radius 1 is 1.30 bits per heavy atom. The van der Waals surface area contributed by atoms with E-state index in [1.807, 2.05) is 0 Å². The van der Waals surface area contributed by atoms with Crippen LogP contribution in [0.5, 0.6) is 5.75 Å². The summed E-state index contributed by atoms with van der Waals surface area (Å²) in [6.07, 6.45) is 5.53. The molecule has 1 N–H and O–H groups in total. The SMILES string of the molecule is CCNCc1cc(F)ccc1OCC1CC2CCC1C2. The van der Waals surface area contributed by atoms with Crippen LogP contribution in [0.1, 0.15) is 38.2 Å². The Labute approximate surface area is 120 Å². The molecule has 2 bridgehead atoms. The molecule has 3 atom stereocenters. The van der Waals surface area contributed by atoms with Gasteiger partial charge >= 0.3 is 0 Å². The summed E-state index contributed by atoms with van der Waals surface area (Å²) in [5.74, 6) is 3.19. The summed E-state index contributed by atoms with van der Waals surface area (Å²) in [5.41, 5.74) is 0.926. The van der Waals surface area contributed by atoms with Gasteiger partial charge in [0.15, 0.2) is 0 Å². The summed E-state index contributed by atoms with van der Waals surface area (Å²) in [6, 6.07) is 4.85. The first-order valence-corrected chi connectivity index (χ1v) is 7.88. The molecule has 0 aliphatic heterocycles. The zero-order valence-electron chi connectivity index (χ0n) is 12.2. The standard InChI is InChI=1S/C17H24FNO/c1-2-19-10-14-9-16(18)5-6-17(14)20-11-15-8-12-3-4-13(15)7-12/h5-6,9,12-13,15,19H,2-4,7-8,10-11H2,1H3. The number of hydrogen-bond donors (Lipinski definition) is 1. The fraction of sp³-hybridized carbons (Fsp3) is 0.647. The second-order valence-corrected chi connectivity index (χ2v) is 6.28. The molecule has 0 amide bonds. The third kappa shape index (κ3) is 2.98. The van der Waals surface area contributed by atoms with Crippen molar-refractivity contribution in [2.75, 3.05) is 13.2 Å². The summed E-state index contributed by atoms with van der Waals surface area (Å²) in [4.78, 5) is 0. The van der Waals surface area contributed by atoms with Crippen molar-refractivity contribution in [3.63, 3.8) is 0 Å². The Bertz CT molecular complexity index is 462. The second kappa shape index (κ2) is 6.13. The lowest BCUT2D eigenvalue weighted by Gasteiger charge is -2.22. The van der Waals surface area contributed by atoms with Gasteiger partial charge in [0.1, 0.15) is 11.6 Å². The van der Waals surface area contributed by atoms with Gasteiger partial charge in [-0.1, -0.05) is 13.3 Å². The van der Waals surface area contributed by atoms with E-state index in [0.717, 1.165) is 36.3 Å². The highest BCUT2D eigenvalue weighted by Crippen LogP contribution is 2.48. The molecule has 3 unspecified atom stereocenters. The van der Waals surface area contributed by atoms with Crippen molar-refractivity contribution in [1.82, 2.24) is 5.32 Å². The molecule has 0 saturated heterocycles. The first kappa shape index (κ1) is 13.9. The Kier molecular flexibility index (Phi) is 4.25. The van der Waals surface area contributed by atoms with Crippen LogP contribution < -0.4 is 10.1 Å². The van der Waals surface area contributed by atoms with E-state index >= 15 is 0 Å². The van der Waals surface area contributed by atoms with E-state index in [2.05, 4.69) is 12.2 Å². The van der Waals surface area contributed by atoms with Gasteiger partial charge in [-0.3, -0.25) is 0 Å². The topological polar surface area (TPSA) is 21.3 Å². The number of hydrogen-bond acceptors (Lipinski definition) is 2. The van der Waals surface area contributed by atoms with Crippen LogP contribution in [0, 0.1) is 23.6 Å². The maximum Gasteiger partial charge on any atom is 0.123 e. The van der Waals surface area contributed by atoms with Crippen LogP contribution in [-0.4, -0.2) is 13.2 Å². The molecule has 2 nitrogen and oxygen atoms in total. The minimum atomic E-state index is -0.190. The van der Waals surface area contributed by atoms with Crippen LogP contribution in [0.15, 0.2) is 18.2 Å². The maximum absolute atomic E-state index is 13.4. The van der Waals surface area contributed by atoms with E-state index in [4.69, 9.17) is 4.74 Å². The van der Waals surface area contributed by atoms with Crippen molar-refractivity contribution in [3.8, 4) is 5.75 Å². The number of rotatable bonds is 6. The average Bonchev–Trinajstić information content (AvgIpc) is 3.06.